The van der Waals surface area contributed by atoms with Crippen LogP contribution in [0.5, 0.6) is 0 Å². The van der Waals surface area contributed by atoms with Crippen LogP contribution in [0.3, 0.4) is 0 Å². The largest absolute Gasteiger partial charge is 0.358 e. The Balaban J connectivity index is 1.06. The first-order chi connectivity index (χ1) is 16.2. The molecule has 0 spiro atoms. The molecule has 180 valence electrons. The van der Waals surface area contributed by atoms with Gasteiger partial charge >= 0.3 is 0 Å². The maximum absolute atomic E-state index is 12.7. The zero-order valence-electron chi connectivity index (χ0n) is 19.9. The molecule has 3 heterocycles. The molecular formula is C26H39N5O2. The van der Waals surface area contributed by atoms with Crippen LogP contribution < -0.4 is 15.5 Å². The summed E-state index contributed by atoms with van der Waals surface area (Å²) in [4.78, 5) is 32.6. The van der Waals surface area contributed by atoms with Crippen molar-refractivity contribution in [3.8, 4) is 0 Å². The molecule has 1 saturated carbocycles. The number of nitrogens with one attached hydrogen (secondary N) is 2. The zero-order valence-corrected chi connectivity index (χ0v) is 19.9. The van der Waals surface area contributed by atoms with Gasteiger partial charge < -0.3 is 20.4 Å². The number of piperidine rings is 1. The molecule has 1 unspecified atom stereocenters. The van der Waals surface area contributed by atoms with Gasteiger partial charge in [-0.1, -0.05) is 19.3 Å². The Labute approximate surface area is 197 Å². The Morgan fingerprint density at radius 2 is 1.76 bits per heavy atom. The summed E-state index contributed by atoms with van der Waals surface area (Å²) in [6, 6.07) is 6.48. The summed E-state index contributed by atoms with van der Waals surface area (Å²) in [5.74, 6) is -0.00160. The van der Waals surface area contributed by atoms with Gasteiger partial charge in [0.15, 0.2) is 0 Å². The summed E-state index contributed by atoms with van der Waals surface area (Å²) >= 11 is 0. The monoisotopic (exact) mass is 453 g/mol. The van der Waals surface area contributed by atoms with Crippen molar-refractivity contribution >= 4 is 23.2 Å². The van der Waals surface area contributed by atoms with Crippen LogP contribution in [0.2, 0.25) is 0 Å². The second kappa shape index (κ2) is 10.4. The highest BCUT2D eigenvalue weighted by atomic mass is 16.2. The first-order valence-corrected chi connectivity index (χ1v) is 13.2. The molecule has 7 nitrogen and oxygen atoms in total. The SMILES string of the molecule is O=C(NCCCN1CCN(C2CCCCC2)CC1)c1ccc2c(c1)NC(=O)C1CCCCN21. The summed E-state index contributed by atoms with van der Waals surface area (Å²) in [7, 11) is 0. The highest BCUT2D eigenvalue weighted by Gasteiger charge is 2.34. The van der Waals surface area contributed by atoms with Gasteiger partial charge in [-0.15, -0.1) is 0 Å². The van der Waals surface area contributed by atoms with Gasteiger partial charge in [-0.2, -0.15) is 0 Å². The van der Waals surface area contributed by atoms with Crippen molar-refractivity contribution in [1.29, 1.82) is 0 Å². The van der Waals surface area contributed by atoms with Gasteiger partial charge in [0.05, 0.1) is 11.4 Å². The summed E-state index contributed by atoms with van der Waals surface area (Å²) in [6.07, 6.45) is 11.1. The Hall–Kier alpha value is -2.12. The van der Waals surface area contributed by atoms with Crippen LogP contribution in [-0.4, -0.2) is 79.5 Å². The number of amides is 2. The topological polar surface area (TPSA) is 67.9 Å². The van der Waals surface area contributed by atoms with Crippen LogP contribution in [0.25, 0.3) is 0 Å². The molecule has 1 aromatic carbocycles. The van der Waals surface area contributed by atoms with Gasteiger partial charge in [0.2, 0.25) is 5.91 Å². The van der Waals surface area contributed by atoms with E-state index in [1.54, 1.807) is 0 Å². The highest BCUT2D eigenvalue weighted by molar-refractivity contribution is 6.05. The number of carbonyl (C=O) groups excluding carboxylic acids is 2. The summed E-state index contributed by atoms with van der Waals surface area (Å²) in [5.41, 5.74) is 2.43. The molecule has 0 aromatic heterocycles. The van der Waals surface area contributed by atoms with Gasteiger partial charge in [-0.25, -0.2) is 0 Å². The van der Waals surface area contributed by atoms with E-state index < -0.39 is 0 Å². The number of rotatable bonds is 6. The number of fused-ring (bicyclic) bond motifs is 3. The van der Waals surface area contributed by atoms with E-state index in [1.807, 2.05) is 18.2 Å². The molecule has 7 heteroatoms. The number of nitrogens with zero attached hydrogens (tertiary/aromatic N) is 3. The van der Waals surface area contributed by atoms with Gasteiger partial charge in [-0.05, 0) is 63.3 Å². The van der Waals surface area contributed by atoms with Gasteiger partial charge in [-0.3, -0.25) is 14.5 Å². The lowest BCUT2D eigenvalue weighted by molar-refractivity contribution is -0.118. The van der Waals surface area contributed by atoms with Crippen molar-refractivity contribution in [2.24, 2.45) is 0 Å². The van der Waals surface area contributed by atoms with E-state index in [-0.39, 0.29) is 17.9 Å². The van der Waals surface area contributed by atoms with Crippen molar-refractivity contribution in [2.75, 3.05) is 56.0 Å². The van der Waals surface area contributed by atoms with E-state index in [4.69, 9.17) is 0 Å². The van der Waals surface area contributed by atoms with Crippen molar-refractivity contribution in [3.05, 3.63) is 23.8 Å². The number of hydrogen-bond acceptors (Lipinski definition) is 5. The van der Waals surface area contributed by atoms with Gasteiger partial charge in [0, 0.05) is 50.9 Å². The molecule has 0 radical (unpaired) electrons. The number of anilines is 2. The van der Waals surface area contributed by atoms with Crippen LogP contribution in [0.15, 0.2) is 18.2 Å². The second-order valence-electron chi connectivity index (χ2n) is 10.2. The molecule has 3 fully saturated rings. The van der Waals surface area contributed by atoms with E-state index in [9.17, 15) is 9.59 Å². The molecule has 2 saturated heterocycles. The minimum atomic E-state index is -0.0602. The first kappa shape index (κ1) is 22.7. The molecule has 1 aromatic rings. The van der Waals surface area contributed by atoms with Crippen molar-refractivity contribution in [3.63, 3.8) is 0 Å². The van der Waals surface area contributed by atoms with E-state index in [0.717, 1.165) is 69.3 Å². The summed E-state index contributed by atoms with van der Waals surface area (Å²) in [6.45, 7) is 7.30. The van der Waals surface area contributed by atoms with Crippen LogP contribution in [0, 0.1) is 0 Å². The van der Waals surface area contributed by atoms with Crippen molar-refractivity contribution in [1.82, 2.24) is 15.1 Å². The van der Waals surface area contributed by atoms with E-state index in [1.165, 1.54) is 45.2 Å². The average Bonchev–Trinajstić information content (AvgIpc) is 2.87. The normalized spacial score (nSPS) is 24.7. The number of carbonyl (C=O) groups is 2. The third kappa shape index (κ3) is 5.19. The van der Waals surface area contributed by atoms with Crippen LogP contribution in [0.1, 0.15) is 68.1 Å². The Morgan fingerprint density at radius 3 is 2.58 bits per heavy atom. The fourth-order valence-electron chi connectivity index (χ4n) is 6.14. The van der Waals surface area contributed by atoms with Gasteiger partial charge in [0.1, 0.15) is 6.04 Å². The molecule has 4 aliphatic rings. The fraction of sp³-hybridized carbons (Fsp3) is 0.692. The Bertz CT molecular complexity index is 845. The third-order valence-corrected chi connectivity index (χ3v) is 8.07. The number of piperazine rings is 1. The molecule has 2 N–H and O–H groups in total. The zero-order chi connectivity index (χ0) is 22.6. The van der Waals surface area contributed by atoms with E-state index in [2.05, 4.69) is 25.3 Å². The smallest absolute Gasteiger partial charge is 0.251 e. The van der Waals surface area contributed by atoms with E-state index >= 15 is 0 Å². The molecule has 33 heavy (non-hydrogen) atoms. The van der Waals surface area contributed by atoms with E-state index in [0.29, 0.717) is 12.1 Å². The van der Waals surface area contributed by atoms with Crippen LogP contribution in [-0.2, 0) is 4.79 Å². The lowest BCUT2D eigenvalue weighted by Gasteiger charge is -2.41. The summed E-state index contributed by atoms with van der Waals surface area (Å²) in [5, 5.41) is 6.09. The predicted octanol–water partition coefficient (Wildman–Crippen LogP) is 3.07. The number of hydrogen-bond donors (Lipinski definition) is 2. The molecule has 1 aliphatic carbocycles. The molecule has 1 atom stereocenters. The van der Waals surface area contributed by atoms with Crippen molar-refractivity contribution < 1.29 is 9.59 Å². The second-order valence-corrected chi connectivity index (χ2v) is 10.2. The lowest BCUT2D eigenvalue weighted by atomic mass is 9.94. The van der Waals surface area contributed by atoms with Crippen LogP contribution >= 0.6 is 0 Å². The maximum atomic E-state index is 12.7. The maximum Gasteiger partial charge on any atom is 0.251 e. The fourth-order valence-corrected chi connectivity index (χ4v) is 6.14. The first-order valence-electron chi connectivity index (χ1n) is 13.2. The molecular weight excluding hydrogens is 414 g/mol. The molecule has 2 amide bonds. The minimum Gasteiger partial charge on any atom is -0.358 e. The lowest BCUT2D eigenvalue weighted by Crippen LogP contribution is -2.51. The number of benzene rings is 1. The predicted molar refractivity (Wildman–Crippen MR) is 132 cm³/mol. The molecule has 5 rings (SSSR count). The standard InChI is InChI=1S/C26H39N5O2/c32-25(20-10-11-23-22(19-20)28-26(33)24-9-4-5-14-31(23)24)27-12-6-13-29-15-17-30(18-16-29)21-7-2-1-3-8-21/h10-11,19,21,24H,1-9,12-18H2,(H,27,32)(H,28,33). The highest BCUT2D eigenvalue weighted by Crippen LogP contribution is 2.36. The van der Waals surface area contributed by atoms with Gasteiger partial charge in [0.25, 0.3) is 5.91 Å². The quantitative estimate of drug-likeness (QED) is 0.648. The van der Waals surface area contributed by atoms with Crippen LogP contribution in [0.4, 0.5) is 11.4 Å². The summed E-state index contributed by atoms with van der Waals surface area (Å²) < 4.78 is 0. The Kier molecular flexibility index (Phi) is 7.16. The molecule has 3 aliphatic heterocycles. The Morgan fingerprint density at radius 1 is 0.970 bits per heavy atom. The third-order valence-electron chi connectivity index (χ3n) is 8.07. The minimum absolute atomic E-state index is 0.0587. The molecule has 0 bridgehead atoms. The van der Waals surface area contributed by atoms with Crippen molar-refractivity contribution in [2.45, 2.75) is 69.9 Å². The average molecular weight is 454 g/mol.